The first-order chi connectivity index (χ1) is 10.7. The second-order valence-corrected chi connectivity index (χ2v) is 7.77. The van der Waals surface area contributed by atoms with Gasteiger partial charge in [-0.05, 0) is 63.6 Å². The lowest BCUT2D eigenvalue weighted by Gasteiger charge is -2.65. The van der Waals surface area contributed by atoms with E-state index in [-0.39, 0.29) is 17.2 Å². The Morgan fingerprint density at radius 1 is 1.22 bits per heavy atom. The Morgan fingerprint density at radius 2 is 1.78 bits per heavy atom. The smallest absolute Gasteiger partial charge is 0.411 e. The summed E-state index contributed by atoms with van der Waals surface area (Å²) in [5.41, 5.74) is 0.610. The van der Waals surface area contributed by atoms with E-state index in [4.69, 9.17) is 9.84 Å². The highest BCUT2D eigenvalue weighted by molar-refractivity contribution is 5.87. The number of ether oxygens (including phenoxy) is 1. The summed E-state index contributed by atoms with van der Waals surface area (Å²) in [6, 6.07) is 6.69. The minimum absolute atomic E-state index is 0.0432. The number of benzene rings is 1. The summed E-state index contributed by atoms with van der Waals surface area (Å²) < 4.78 is 5.57. The van der Waals surface area contributed by atoms with Gasteiger partial charge in [0.25, 0.3) is 0 Å². The van der Waals surface area contributed by atoms with E-state index in [2.05, 4.69) is 0 Å². The number of rotatable bonds is 4. The molecular weight excluding hydrogens is 294 g/mol. The van der Waals surface area contributed by atoms with Gasteiger partial charge in [0.15, 0.2) is 0 Å². The van der Waals surface area contributed by atoms with Crippen LogP contribution in [0, 0.1) is 5.92 Å². The molecule has 0 spiro atoms. The highest BCUT2D eigenvalue weighted by Gasteiger charge is 2.61. The van der Waals surface area contributed by atoms with Crippen LogP contribution < -0.4 is 0 Å². The molecule has 3 saturated carbocycles. The number of amides is 1. The lowest BCUT2D eigenvalue weighted by molar-refractivity contribution is -0.141. The fraction of sp³-hybridized carbons (Fsp3) is 0.556. The Bertz CT molecular complexity index is 612. The molecule has 1 N–H and O–H groups in total. The SMILES string of the molecule is CC(C)(C)OC(=O)N(Cc1ccc(C(=O)O)cc1)C12CC(C1)C2. The molecule has 5 nitrogen and oxygen atoms in total. The Morgan fingerprint density at radius 3 is 2.17 bits per heavy atom. The van der Waals surface area contributed by atoms with Crippen molar-refractivity contribution >= 4 is 12.1 Å². The average Bonchev–Trinajstić information content (AvgIpc) is 2.32. The van der Waals surface area contributed by atoms with Crippen molar-refractivity contribution < 1.29 is 19.4 Å². The van der Waals surface area contributed by atoms with Crippen LogP contribution in [0.15, 0.2) is 24.3 Å². The predicted molar refractivity (Wildman–Crippen MR) is 85.3 cm³/mol. The van der Waals surface area contributed by atoms with Crippen molar-refractivity contribution in [3.05, 3.63) is 35.4 Å². The first kappa shape index (κ1) is 15.8. The third-order valence-corrected chi connectivity index (χ3v) is 4.73. The Balaban J connectivity index is 1.76. The van der Waals surface area contributed by atoms with Crippen LogP contribution in [0.5, 0.6) is 0 Å². The van der Waals surface area contributed by atoms with Crippen LogP contribution in [0.3, 0.4) is 0 Å². The topological polar surface area (TPSA) is 66.8 Å². The first-order valence-electron chi connectivity index (χ1n) is 8.01. The van der Waals surface area contributed by atoms with Crippen LogP contribution in [0.2, 0.25) is 0 Å². The van der Waals surface area contributed by atoms with Gasteiger partial charge in [0.05, 0.1) is 5.56 Å². The predicted octanol–water partition coefficient (Wildman–Crippen LogP) is 3.67. The molecule has 1 aromatic carbocycles. The summed E-state index contributed by atoms with van der Waals surface area (Å²) in [4.78, 5) is 25.4. The molecular formula is C18H23NO4. The molecule has 4 rings (SSSR count). The molecule has 1 amide bonds. The molecule has 23 heavy (non-hydrogen) atoms. The number of carbonyl (C=O) groups is 2. The molecule has 0 radical (unpaired) electrons. The number of carboxylic acids is 1. The van der Waals surface area contributed by atoms with Gasteiger partial charge in [-0.1, -0.05) is 12.1 Å². The van der Waals surface area contributed by atoms with Gasteiger partial charge in [0.1, 0.15) is 5.60 Å². The maximum atomic E-state index is 12.6. The van der Waals surface area contributed by atoms with Crippen LogP contribution >= 0.6 is 0 Å². The summed E-state index contributed by atoms with van der Waals surface area (Å²) in [5.74, 6) is -0.186. The van der Waals surface area contributed by atoms with E-state index in [1.165, 1.54) is 0 Å². The average molecular weight is 317 g/mol. The molecule has 3 aliphatic carbocycles. The van der Waals surface area contributed by atoms with E-state index >= 15 is 0 Å². The Labute approximate surface area is 136 Å². The van der Waals surface area contributed by atoms with Crippen LogP contribution in [-0.2, 0) is 11.3 Å². The third kappa shape index (κ3) is 3.05. The quantitative estimate of drug-likeness (QED) is 0.920. The molecule has 0 saturated heterocycles. The second kappa shape index (κ2) is 5.25. The van der Waals surface area contributed by atoms with E-state index in [9.17, 15) is 9.59 Å². The van der Waals surface area contributed by atoms with Crippen molar-refractivity contribution in [2.75, 3.05) is 0 Å². The van der Waals surface area contributed by atoms with Crippen molar-refractivity contribution in [1.82, 2.24) is 4.90 Å². The normalized spacial score (nSPS) is 25.1. The Kier molecular flexibility index (Phi) is 3.62. The standard InChI is InChI=1S/C18H23NO4/c1-17(2,3)23-16(22)19(18-8-13(9-18)10-18)11-12-4-6-14(7-5-12)15(20)21/h4-7,13H,8-11H2,1-3H3,(H,20,21). The van der Waals surface area contributed by atoms with Gasteiger partial charge >= 0.3 is 12.1 Å². The van der Waals surface area contributed by atoms with Gasteiger partial charge in [0.2, 0.25) is 0 Å². The minimum Gasteiger partial charge on any atom is -0.478 e. The summed E-state index contributed by atoms with van der Waals surface area (Å²) in [6.45, 7) is 6.06. The van der Waals surface area contributed by atoms with Gasteiger partial charge in [0, 0.05) is 12.1 Å². The van der Waals surface area contributed by atoms with Crippen LogP contribution in [0.1, 0.15) is 56.0 Å². The second-order valence-electron chi connectivity index (χ2n) is 7.77. The largest absolute Gasteiger partial charge is 0.478 e. The van der Waals surface area contributed by atoms with E-state index in [1.807, 2.05) is 25.7 Å². The molecule has 0 aromatic heterocycles. The molecule has 124 valence electrons. The molecule has 0 atom stereocenters. The maximum absolute atomic E-state index is 12.6. The summed E-state index contributed by atoms with van der Waals surface area (Å²) in [5, 5.41) is 8.97. The zero-order chi connectivity index (χ0) is 16.8. The monoisotopic (exact) mass is 317 g/mol. The van der Waals surface area contributed by atoms with Crippen molar-refractivity contribution in [3.63, 3.8) is 0 Å². The van der Waals surface area contributed by atoms with Crippen LogP contribution in [0.25, 0.3) is 0 Å². The molecule has 0 aliphatic heterocycles. The maximum Gasteiger partial charge on any atom is 0.411 e. The molecule has 1 aromatic rings. The van der Waals surface area contributed by atoms with Crippen LogP contribution in [-0.4, -0.2) is 33.2 Å². The highest BCUT2D eigenvalue weighted by atomic mass is 16.6. The number of hydrogen-bond acceptors (Lipinski definition) is 3. The van der Waals surface area contributed by atoms with Crippen LogP contribution in [0.4, 0.5) is 4.79 Å². The Hall–Kier alpha value is -2.04. The van der Waals surface area contributed by atoms with E-state index in [1.54, 1.807) is 24.3 Å². The zero-order valence-electron chi connectivity index (χ0n) is 13.8. The number of nitrogens with zero attached hydrogens (tertiary/aromatic N) is 1. The summed E-state index contributed by atoms with van der Waals surface area (Å²) in [7, 11) is 0. The summed E-state index contributed by atoms with van der Waals surface area (Å²) in [6.07, 6.45) is 2.89. The number of hydrogen-bond donors (Lipinski definition) is 1. The molecule has 5 heteroatoms. The van der Waals surface area contributed by atoms with Crippen molar-refractivity contribution in [3.8, 4) is 0 Å². The molecule has 0 heterocycles. The van der Waals surface area contributed by atoms with Crippen molar-refractivity contribution in [1.29, 1.82) is 0 Å². The van der Waals surface area contributed by atoms with E-state index in [0.717, 1.165) is 30.7 Å². The lowest BCUT2D eigenvalue weighted by Crippen LogP contribution is -2.69. The van der Waals surface area contributed by atoms with E-state index in [0.29, 0.717) is 6.54 Å². The fourth-order valence-corrected chi connectivity index (χ4v) is 3.44. The number of carboxylic acid groups (broad SMARTS) is 1. The first-order valence-corrected chi connectivity index (χ1v) is 8.01. The van der Waals surface area contributed by atoms with Crippen molar-refractivity contribution in [2.45, 2.75) is 57.7 Å². The molecule has 3 fully saturated rings. The van der Waals surface area contributed by atoms with Gasteiger partial charge in [-0.15, -0.1) is 0 Å². The highest BCUT2D eigenvalue weighted by Crippen LogP contribution is 2.61. The third-order valence-electron chi connectivity index (χ3n) is 4.73. The number of carbonyl (C=O) groups excluding carboxylic acids is 1. The van der Waals surface area contributed by atoms with Crippen molar-refractivity contribution in [2.24, 2.45) is 5.92 Å². The minimum atomic E-state index is -0.944. The van der Waals surface area contributed by atoms with Gasteiger partial charge in [-0.3, -0.25) is 4.90 Å². The fourth-order valence-electron chi connectivity index (χ4n) is 3.44. The lowest BCUT2D eigenvalue weighted by atomic mass is 9.49. The van der Waals surface area contributed by atoms with E-state index < -0.39 is 11.6 Å². The number of aromatic carboxylic acids is 1. The molecule has 0 unspecified atom stereocenters. The zero-order valence-corrected chi connectivity index (χ0v) is 13.8. The molecule has 2 bridgehead atoms. The van der Waals surface area contributed by atoms with Gasteiger partial charge < -0.3 is 9.84 Å². The molecule has 3 aliphatic rings. The summed E-state index contributed by atoms with van der Waals surface area (Å²) >= 11 is 0. The van der Waals surface area contributed by atoms with Gasteiger partial charge in [-0.25, -0.2) is 9.59 Å². The van der Waals surface area contributed by atoms with Gasteiger partial charge in [-0.2, -0.15) is 0 Å².